The average Bonchev–Trinajstić information content (AvgIpc) is 1.98. The summed E-state index contributed by atoms with van der Waals surface area (Å²) in [6.45, 7) is 10.8. The highest BCUT2D eigenvalue weighted by molar-refractivity contribution is 5.77. The Morgan fingerprint density at radius 1 is 1.33 bits per heavy atom. The van der Waals surface area contributed by atoms with Gasteiger partial charge in [-0.3, -0.25) is 10.2 Å². The first kappa shape index (κ1) is 11.4. The number of hydrogen-bond donors (Lipinski definition) is 1. The summed E-state index contributed by atoms with van der Waals surface area (Å²) in [5.41, 5.74) is 2.86. The largest absolute Gasteiger partial charge is 0.288 e. The van der Waals surface area contributed by atoms with Gasteiger partial charge in [0, 0.05) is 18.5 Å². The smallest absolute Gasteiger partial charge is 0.236 e. The van der Waals surface area contributed by atoms with Crippen LogP contribution >= 0.6 is 0 Å². The summed E-state index contributed by atoms with van der Waals surface area (Å²) in [5.74, 6) is 0.142. The van der Waals surface area contributed by atoms with Crippen molar-refractivity contribution in [1.29, 1.82) is 0 Å². The summed E-state index contributed by atoms with van der Waals surface area (Å²) in [4.78, 5) is 11.3. The van der Waals surface area contributed by atoms with Crippen molar-refractivity contribution in [2.45, 2.75) is 40.7 Å². The van der Waals surface area contributed by atoms with Crippen LogP contribution in [0.4, 0.5) is 0 Å². The molecule has 3 heteroatoms. The molecule has 0 aliphatic carbocycles. The van der Waals surface area contributed by atoms with Gasteiger partial charge in [-0.05, 0) is 13.8 Å². The minimum absolute atomic E-state index is 0.0535. The van der Waals surface area contributed by atoms with Crippen molar-refractivity contribution >= 4 is 5.91 Å². The fourth-order valence-electron chi connectivity index (χ4n) is 0.844. The zero-order valence-electron chi connectivity index (χ0n) is 8.72. The molecule has 3 nitrogen and oxygen atoms in total. The topological polar surface area (TPSA) is 32.3 Å². The van der Waals surface area contributed by atoms with Gasteiger partial charge in [0.1, 0.15) is 0 Å². The Kier molecular flexibility index (Phi) is 4.90. The molecule has 72 valence electrons. The maximum Gasteiger partial charge on any atom is 0.236 e. The molecule has 1 amide bonds. The van der Waals surface area contributed by atoms with Gasteiger partial charge in [0.2, 0.25) is 5.91 Å². The SMILES string of the molecule is CCN(NC(=O)C(C)C)C(C)C. The predicted octanol–water partition coefficient (Wildman–Crippen LogP) is 1.40. The third kappa shape index (κ3) is 3.72. The van der Waals surface area contributed by atoms with Crippen LogP contribution in [-0.4, -0.2) is 23.5 Å². The van der Waals surface area contributed by atoms with Gasteiger partial charge in [-0.15, -0.1) is 0 Å². The number of nitrogens with one attached hydrogen (secondary N) is 1. The Hall–Kier alpha value is -0.570. The summed E-state index contributed by atoms with van der Waals surface area (Å²) < 4.78 is 0. The molecular formula is C9H20N2O. The molecule has 0 atom stereocenters. The molecule has 12 heavy (non-hydrogen) atoms. The summed E-state index contributed by atoms with van der Waals surface area (Å²) in [7, 11) is 0. The van der Waals surface area contributed by atoms with E-state index in [1.807, 2.05) is 25.8 Å². The fraction of sp³-hybridized carbons (Fsp3) is 0.889. The third-order valence-electron chi connectivity index (χ3n) is 1.74. The molecule has 0 aliphatic rings. The third-order valence-corrected chi connectivity index (χ3v) is 1.74. The molecule has 0 fully saturated rings. The van der Waals surface area contributed by atoms with Crippen molar-refractivity contribution in [1.82, 2.24) is 10.4 Å². The first-order valence-electron chi connectivity index (χ1n) is 4.56. The second-order valence-corrected chi connectivity index (χ2v) is 3.51. The lowest BCUT2D eigenvalue weighted by molar-refractivity contribution is -0.129. The number of carbonyl (C=O) groups excluding carboxylic acids is 1. The minimum Gasteiger partial charge on any atom is -0.288 e. The molecule has 0 unspecified atom stereocenters. The van der Waals surface area contributed by atoms with E-state index in [4.69, 9.17) is 0 Å². The lowest BCUT2D eigenvalue weighted by atomic mass is 10.2. The minimum atomic E-state index is 0.0535. The van der Waals surface area contributed by atoms with Crippen LogP contribution in [0.3, 0.4) is 0 Å². The van der Waals surface area contributed by atoms with Crippen molar-refractivity contribution in [2.75, 3.05) is 6.54 Å². The lowest BCUT2D eigenvalue weighted by Crippen LogP contribution is -2.47. The Bertz CT molecular complexity index is 143. The van der Waals surface area contributed by atoms with Crippen LogP contribution in [0.15, 0.2) is 0 Å². The van der Waals surface area contributed by atoms with Gasteiger partial charge >= 0.3 is 0 Å². The van der Waals surface area contributed by atoms with E-state index in [1.54, 1.807) is 0 Å². The van der Waals surface area contributed by atoms with Gasteiger partial charge in [0.25, 0.3) is 0 Å². The Labute approximate surface area is 75.1 Å². The van der Waals surface area contributed by atoms with Crippen molar-refractivity contribution in [2.24, 2.45) is 5.92 Å². The second-order valence-electron chi connectivity index (χ2n) is 3.51. The zero-order chi connectivity index (χ0) is 9.72. The Morgan fingerprint density at radius 2 is 1.83 bits per heavy atom. The number of rotatable bonds is 4. The Balaban J connectivity index is 3.94. The van der Waals surface area contributed by atoms with Gasteiger partial charge < -0.3 is 0 Å². The van der Waals surface area contributed by atoms with Crippen molar-refractivity contribution < 1.29 is 4.79 Å². The maximum absolute atomic E-state index is 11.3. The normalized spacial score (nSPS) is 11.3. The van der Waals surface area contributed by atoms with E-state index in [9.17, 15) is 4.79 Å². The predicted molar refractivity (Wildman–Crippen MR) is 50.5 cm³/mol. The summed E-state index contributed by atoms with van der Waals surface area (Å²) >= 11 is 0. The quantitative estimate of drug-likeness (QED) is 0.650. The molecule has 0 saturated heterocycles. The van der Waals surface area contributed by atoms with Crippen LogP contribution in [0.5, 0.6) is 0 Å². The van der Waals surface area contributed by atoms with Gasteiger partial charge in [-0.25, -0.2) is 5.01 Å². The van der Waals surface area contributed by atoms with E-state index in [2.05, 4.69) is 19.3 Å². The summed E-state index contributed by atoms with van der Waals surface area (Å²) in [5, 5.41) is 1.93. The zero-order valence-corrected chi connectivity index (χ0v) is 8.72. The van der Waals surface area contributed by atoms with Crippen LogP contribution in [0.2, 0.25) is 0 Å². The van der Waals surface area contributed by atoms with Gasteiger partial charge in [-0.2, -0.15) is 0 Å². The van der Waals surface area contributed by atoms with Gasteiger partial charge in [0.15, 0.2) is 0 Å². The van der Waals surface area contributed by atoms with Gasteiger partial charge in [-0.1, -0.05) is 20.8 Å². The molecule has 0 heterocycles. The van der Waals surface area contributed by atoms with Crippen LogP contribution in [0.1, 0.15) is 34.6 Å². The number of carbonyl (C=O) groups is 1. The van der Waals surface area contributed by atoms with Crippen LogP contribution in [0.25, 0.3) is 0 Å². The van der Waals surface area contributed by atoms with Crippen molar-refractivity contribution in [3.05, 3.63) is 0 Å². The molecule has 0 aromatic rings. The van der Waals surface area contributed by atoms with Crippen LogP contribution in [0, 0.1) is 5.92 Å². The average molecular weight is 172 g/mol. The number of nitrogens with zero attached hydrogens (tertiary/aromatic N) is 1. The molecule has 0 radical (unpaired) electrons. The van der Waals surface area contributed by atoms with Crippen molar-refractivity contribution in [3.63, 3.8) is 0 Å². The number of hydrogen-bond acceptors (Lipinski definition) is 2. The van der Waals surface area contributed by atoms with E-state index in [0.717, 1.165) is 6.54 Å². The van der Waals surface area contributed by atoms with E-state index < -0.39 is 0 Å². The van der Waals surface area contributed by atoms with Crippen LogP contribution in [-0.2, 0) is 4.79 Å². The first-order chi connectivity index (χ1) is 5.49. The standard InChI is InChI=1S/C9H20N2O/c1-6-11(8(4)5)10-9(12)7(2)3/h7-8H,6H2,1-5H3,(H,10,12). The monoisotopic (exact) mass is 172 g/mol. The highest BCUT2D eigenvalue weighted by Gasteiger charge is 2.12. The molecule has 0 rings (SSSR count). The fourth-order valence-corrected chi connectivity index (χ4v) is 0.844. The summed E-state index contributed by atoms with van der Waals surface area (Å²) in [6, 6.07) is 0.359. The van der Waals surface area contributed by atoms with E-state index in [0.29, 0.717) is 6.04 Å². The molecule has 0 aromatic heterocycles. The number of amides is 1. The van der Waals surface area contributed by atoms with Gasteiger partial charge in [0.05, 0.1) is 0 Å². The molecule has 0 aliphatic heterocycles. The van der Waals surface area contributed by atoms with Crippen LogP contribution < -0.4 is 5.43 Å². The molecule has 0 saturated carbocycles. The van der Waals surface area contributed by atoms with E-state index in [1.165, 1.54) is 0 Å². The highest BCUT2D eigenvalue weighted by Crippen LogP contribution is 1.96. The van der Waals surface area contributed by atoms with E-state index in [-0.39, 0.29) is 11.8 Å². The molecular weight excluding hydrogens is 152 g/mol. The molecule has 1 N–H and O–H groups in total. The molecule has 0 bridgehead atoms. The van der Waals surface area contributed by atoms with Crippen molar-refractivity contribution in [3.8, 4) is 0 Å². The maximum atomic E-state index is 11.3. The first-order valence-corrected chi connectivity index (χ1v) is 4.56. The molecule has 0 spiro atoms. The number of hydrazine groups is 1. The van der Waals surface area contributed by atoms with E-state index >= 15 is 0 Å². The summed E-state index contributed by atoms with van der Waals surface area (Å²) in [6.07, 6.45) is 0. The molecule has 0 aromatic carbocycles. The highest BCUT2D eigenvalue weighted by atomic mass is 16.2. The Morgan fingerprint density at radius 3 is 2.08 bits per heavy atom. The lowest BCUT2D eigenvalue weighted by Gasteiger charge is -2.26. The second kappa shape index (κ2) is 5.14.